The quantitative estimate of drug-likeness (QED) is 0.422. The topological polar surface area (TPSA) is 42.8 Å². The summed E-state index contributed by atoms with van der Waals surface area (Å²) in [5, 5.41) is 1.18. The molecule has 0 aliphatic carbocycles. The highest BCUT2D eigenvalue weighted by Gasteiger charge is 2.18. The number of aromatic nitrogens is 3. The first-order chi connectivity index (χ1) is 14.2. The molecule has 5 rings (SSSR count). The van der Waals surface area contributed by atoms with Crippen molar-refractivity contribution in [3.05, 3.63) is 85.1 Å². The normalized spacial score (nSPS) is 11.1. The zero-order chi connectivity index (χ0) is 19.8. The maximum atomic E-state index is 5.31. The van der Waals surface area contributed by atoms with Crippen LogP contribution in [-0.4, -0.2) is 21.6 Å². The standard InChI is InChI=1S/C25H21N3O/c1-28-16-21(20-10-6-7-11-22(20)28)25-26-23(17-8-4-3-5-9-17)24(27-25)18-12-14-19(29-2)15-13-18/h3-16H,1-2H3,(H,26,27). The smallest absolute Gasteiger partial charge is 0.140 e. The van der Waals surface area contributed by atoms with Crippen LogP contribution in [0.1, 0.15) is 0 Å². The summed E-state index contributed by atoms with van der Waals surface area (Å²) in [5.74, 6) is 1.70. The van der Waals surface area contributed by atoms with Crippen LogP contribution in [0.4, 0.5) is 0 Å². The molecule has 0 saturated carbocycles. The SMILES string of the molecule is COc1ccc(-c2nc(-c3cn(C)c4ccccc34)[nH]c2-c2ccccc2)cc1. The number of imidazole rings is 1. The number of aryl methyl sites for hydroxylation is 1. The largest absolute Gasteiger partial charge is 0.497 e. The van der Waals surface area contributed by atoms with E-state index < -0.39 is 0 Å². The summed E-state index contributed by atoms with van der Waals surface area (Å²) in [7, 11) is 3.74. The van der Waals surface area contributed by atoms with Gasteiger partial charge in [-0.15, -0.1) is 0 Å². The number of fused-ring (bicyclic) bond motifs is 1. The molecule has 0 bridgehead atoms. The van der Waals surface area contributed by atoms with Gasteiger partial charge in [0.2, 0.25) is 0 Å². The number of hydrogen-bond donors (Lipinski definition) is 1. The molecule has 4 nitrogen and oxygen atoms in total. The first-order valence-corrected chi connectivity index (χ1v) is 9.59. The molecule has 0 saturated heterocycles. The fourth-order valence-electron chi connectivity index (χ4n) is 3.80. The number of hydrogen-bond acceptors (Lipinski definition) is 2. The van der Waals surface area contributed by atoms with E-state index in [0.29, 0.717) is 0 Å². The highest BCUT2D eigenvalue weighted by molar-refractivity contribution is 5.95. The number of nitrogens with zero attached hydrogens (tertiary/aromatic N) is 2. The number of aromatic amines is 1. The monoisotopic (exact) mass is 379 g/mol. The van der Waals surface area contributed by atoms with E-state index in [1.807, 2.05) is 42.5 Å². The van der Waals surface area contributed by atoms with Gasteiger partial charge in [0.1, 0.15) is 11.6 Å². The van der Waals surface area contributed by atoms with E-state index in [4.69, 9.17) is 9.72 Å². The summed E-state index contributed by atoms with van der Waals surface area (Å²) >= 11 is 0. The Labute approximate surface area is 169 Å². The number of benzene rings is 3. The molecule has 29 heavy (non-hydrogen) atoms. The molecule has 0 radical (unpaired) electrons. The first kappa shape index (κ1) is 17.3. The van der Waals surface area contributed by atoms with Crippen LogP contribution < -0.4 is 4.74 Å². The van der Waals surface area contributed by atoms with Crippen molar-refractivity contribution in [2.24, 2.45) is 7.05 Å². The van der Waals surface area contributed by atoms with Gasteiger partial charge in [0.25, 0.3) is 0 Å². The predicted molar refractivity (Wildman–Crippen MR) is 118 cm³/mol. The lowest BCUT2D eigenvalue weighted by Gasteiger charge is -2.04. The Balaban J connectivity index is 1.72. The van der Waals surface area contributed by atoms with Gasteiger partial charge in [-0.25, -0.2) is 4.98 Å². The molecule has 2 aromatic heterocycles. The molecule has 5 aromatic rings. The van der Waals surface area contributed by atoms with Crippen LogP contribution in [0.2, 0.25) is 0 Å². The Bertz CT molecular complexity index is 1280. The van der Waals surface area contributed by atoms with Crippen molar-refractivity contribution in [2.75, 3.05) is 7.11 Å². The van der Waals surface area contributed by atoms with E-state index in [-0.39, 0.29) is 0 Å². The molecule has 0 fully saturated rings. The van der Waals surface area contributed by atoms with Crippen LogP contribution in [-0.2, 0) is 7.05 Å². The maximum Gasteiger partial charge on any atom is 0.140 e. The lowest BCUT2D eigenvalue weighted by Crippen LogP contribution is -1.85. The van der Waals surface area contributed by atoms with Crippen LogP contribution in [0.5, 0.6) is 5.75 Å². The Morgan fingerprint density at radius 2 is 1.55 bits per heavy atom. The van der Waals surface area contributed by atoms with Gasteiger partial charge in [-0.05, 0) is 30.3 Å². The number of nitrogens with one attached hydrogen (secondary N) is 1. The molecule has 0 aliphatic heterocycles. The lowest BCUT2D eigenvalue weighted by atomic mass is 10.1. The van der Waals surface area contributed by atoms with Gasteiger partial charge >= 0.3 is 0 Å². The van der Waals surface area contributed by atoms with Crippen LogP contribution in [0, 0.1) is 0 Å². The molecule has 0 spiro atoms. The summed E-state index contributed by atoms with van der Waals surface area (Å²) in [6.45, 7) is 0. The average Bonchev–Trinajstić information content (AvgIpc) is 3.36. The average molecular weight is 379 g/mol. The van der Waals surface area contributed by atoms with Crippen LogP contribution in [0.3, 0.4) is 0 Å². The molecule has 0 unspecified atom stereocenters. The van der Waals surface area contributed by atoms with E-state index in [1.54, 1.807) is 7.11 Å². The summed E-state index contributed by atoms with van der Waals surface area (Å²) < 4.78 is 7.46. The van der Waals surface area contributed by atoms with E-state index in [9.17, 15) is 0 Å². The highest BCUT2D eigenvalue weighted by atomic mass is 16.5. The van der Waals surface area contributed by atoms with Crippen LogP contribution in [0.25, 0.3) is 44.8 Å². The molecular weight excluding hydrogens is 358 g/mol. The van der Waals surface area contributed by atoms with Gasteiger partial charge in [-0.2, -0.15) is 0 Å². The second kappa shape index (κ2) is 6.99. The Morgan fingerprint density at radius 1 is 0.828 bits per heavy atom. The number of H-pyrrole nitrogens is 1. The first-order valence-electron chi connectivity index (χ1n) is 9.59. The Kier molecular flexibility index (Phi) is 4.17. The molecule has 3 aromatic carbocycles. The summed E-state index contributed by atoms with van der Waals surface area (Å²) in [6.07, 6.45) is 2.13. The number of methoxy groups -OCH3 is 1. The number of para-hydroxylation sites is 1. The second-order valence-corrected chi connectivity index (χ2v) is 7.07. The molecule has 1 N–H and O–H groups in total. The van der Waals surface area contributed by atoms with Gasteiger partial charge in [-0.3, -0.25) is 0 Å². The third-order valence-electron chi connectivity index (χ3n) is 5.28. The van der Waals surface area contributed by atoms with Crippen molar-refractivity contribution in [1.29, 1.82) is 0 Å². The van der Waals surface area contributed by atoms with Crippen molar-refractivity contribution in [3.63, 3.8) is 0 Å². The molecule has 0 amide bonds. The minimum atomic E-state index is 0.833. The second-order valence-electron chi connectivity index (χ2n) is 7.07. The molecule has 4 heteroatoms. The molecule has 142 valence electrons. The van der Waals surface area contributed by atoms with E-state index >= 15 is 0 Å². The zero-order valence-corrected chi connectivity index (χ0v) is 16.4. The maximum absolute atomic E-state index is 5.31. The van der Waals surface area contributed by atoms with Crippen LogP contribution >= 0.6 is 0 Å². The fourth-order valence-corrected chi connectivity index (χ4v) is 3.80. The lowest BCUT2D eigenvalue weighted by molar-refractivity contribution is 0.415. The zero-order valence-electron chi connectivity index (χ0n) is 16.4. The van der Waals surface area contributed by atoms with Gasteiger partial charge in [0, 0.05) is 40.8 Å². The molecular formula is C25H21N3O. The highest BCUT2D eigenvalue weighted by Crippen LogP contribution is 2.36. The van der Waals surface area contributed by atoms with Gasteiger partial charge in [0.05, 0.1) is 18.5 Å². The minimum absolute atomic E-state index is 0.833. The van der Waals surface area contributed by atoms with E-state index in [1.165, 1.54) is 10.9 Å². The third kappa shape index (κ3) is 2.99. The Morgan fingerprint density at radius 3 is 2.31 bits per heavy atom. The van der Waals surface area contributed by atoms with Crippen molar-refractivity contribution >= 4 is 10.9 Å². The van der Waals surface area contributed by atoms with Crippen LogP contribution in [0.15, 0.2) is 85.1 Å². The van der Waals surface area contributed by atoms with Crippen molar-refractivity contribution in [3.8, 4) is 39.7 Å². The van der Waals surface area contributed by atoms with Gasteiger partial charge in [0.15, 0.2) is 0 Å². The summed E-state index contributed by atoms with van der Waals surface area (Å²) in [4.78, 5) is 8.63. The minimum Gasteiger partial charge on any atom is -0.497 e. The van der Waals surface area contributed by atoms with Crippen molar-refractivity contribution in [1.82, 2.24) is 14.5 Å². The van der Waals surface area contributed by atoms with Crippen molar-refractivity contribution < 1.29 is 4.74 Å². The number of ether oxygens (including phenoxy) is 1. The molecule has 2 heterocycles. The third-order valence-corrected chi connectivity index (χ3v) is 5.28. The number of rotatable bonds is 4. The molecule has 0 atom stereocenters. The predicted octanol–water partition coefficient (Wildman–Crippen LogP) is 5.91. The Hall–Kier alpha value is -3.79. The summed E-state index contributed by atoms with van der Waals surface area (Å²) in [5.41, 5.74) is 6.39. The van der Waals surface area contributed by atoms with E-state index in [0.717, 1.165) is 39.7 Å². The van der Waals surface area contributed by atoms with Gasteiger partial charge < -0.3 is 14.3 Å². The fraction of sp³-hybridized carbons (Fsp3) is 0.0800. The van der Waals surface area contributed by atoms with E-state index in [2.05, 4.69) is 59.2 Å². The summed E-state index contributed by atoms with van der Waals surface area (Å²) in [6, 6.07) is 26.8. The van der Waals surface area contributed by atoms with Crippen molar-refractivity contribution in [2.45, 2.75) is 0 Å². The van der Waals surface area contributed by atoms with Gasteiger partial charge in [-0.1, -0.05) is 48.5 Å². The molecule has 0 aliphatic rings.